The Morgan fingerprint density at radius 2 is 1.71 bits per heavy atom. The number of benzene rings is 2. The fourth-order valence-corrected chi connectivity index (χ4v) is 2.37. The molecule has 2 N–H and O–H groups in total. The number of hydrogen-bond acceptors (Lipinski definition) is 2. The molecule has 3 nitrogen and oxygen atoms in total. The highest BCUT2D eigenvalue weighted by molar-refractivity contribution is 7.80. The lowest BCUT2D eigenvalue weighted by atomic mass is 10.1. The first-order chi connectivity index (χ1) is 10.3. The van der Waals surface area contributed by atoms with Gasteiger partial charge in [-0.3, -0.25) is 4.98 Å². The molecule has 4 heteroatoms. The topological polar surface area (TPSA) is 37.0 Å². The molecule has 0 atom stereocenters. The van der Waals surface area contributed by atoms with Crippen molar-refractivity contribution >= 4 is 33.8 Å². The van der Waals surface area contributed by atoms with Gasteiger partial charge in [0.15, 0.2) is 5.11 Å². The van der Waals surface area contributed by atoms with Crippen molar-refractivity contribution in [1.29, 1.82) is 0 Å². The number of rotatable bonds is 3. The molecule has 0 saturated carbocycles. The Balaban J connectivity index is 1.69. The molecule has 21 heavy (non-hydrogen) atoms. The van der Waals surface area contributed by atoms with Crippen LogP contribution in [0.2, 0.25) is 0 Å². The number of thiocarbonyl (C=S) groups is 1. The highest BCUT2D eigenvalue weighted by Crippen LogP contribution is 2.22. The minimum Gasteiger partial charge on any atom is -0.358 e. The lowest BCUT2D eigenvalue weighted by Gasteiger charge is -2.12. The van der Waals surface area contributed by atoms with Crippen molar-refractivity contribution in [3.05, 3.63) is 72.6 Å². The third kappa shape index (κ3) is 3.35. The molecule has 1 aromatic heterocycles. The number of aromatic nitrogens is 1. The van der Waals surface area contributed by atoms with E-state index in [4.69, 9.17) is 12.2 Å². The van der Waals surface area contributed by atoms with Crippen molar-refractivity contribution in [2.75, 3.05) is 5.32 Å². The third-order valence-electron chi connectivity index (χ3n) is 3.24. The van der Waals surface area contributed by atoms with Crippen LogP contribution in [0.15, 0.2) is 67.0 Å². The first-order valence-corrected chi connectivity index (χ1v) is 7.15. The van der Waals surface area contributed by atoms with Crippen LogP contribution in [0.4, 0.5) is 5.69 Å². The first kappa shape index (κ1) is 13.5. The molecule has 0 aliphatic heterocycles. The van der Waals surface area contributed by atoms with E-state index in [1.807, 2.05) is 36.4 Å². The highest BCUT2D eigenvalue weighted by atomic mass is 32.1. The van der Waals surface area contributed by atoms with E-state index in [-0.39, 0.29) is 0 Å². The molecule has 0 radical (unpaired) electrons. The van der Waals surface area contributed by atoms with E-state index in [2.05, 4.69) is 33.8 Å². The molecule has 0 spiro atoms. The molecule has 1 heterocycles. The predicted octanol–water partition coefficient (Wildman–Crippen LogP) is 3.72. The van der Waals surface area contributed by atoms with Crippen LogP contribution in [-0.2, 0) is 6.54 Å². The maximum atomic E-state index is 5.36. The van der Waals surface area contributed by atoms with E-state index >= 15 is 0 Å². The average molecular weight is 293 g/mol. The lowest BCUT2D eigenvalue weighted by Crippen LogP contribution is -2.27. The Bertz CT molecular complexity index is 751. The minimum atomic E-state index is 0.614. The van der Waals surface area contributed by atoms with Crippen LogP contribution in [0.1, 0.15) is 5.56 Å². The highest BCUT2D eigenvalue weighted by Gasteiger charge is 2.02. The molecule has 0 saturated heterocycles. The summed E-state index contributed by atoms with van der Waals surface area (Å²) in [6, 6.07) is 18.3. The number of nitrogens with zero attached hydrogens (tertiary/aromatic N) is 1. The van der Waals surface area contributed by atoms with Crippen molar-refractivity contribution < 1.29 is 0 Å². The third-order valence-corrected chi connectivity index (χ3v) is 3.49. The molecule has 0 fully saturated rings. The first-order valence-electron chi connectivity index (χ1n) is 6.74. The summed E-state index contributed by atoms with van der Waals surface area (Å²) in [7, 11) is 0. The van der Waals surface area contributed by atoms with E-state index in [1.54, 1.807) is 12.4 Å². The van der Waals surface area contributed by atoms with E-state index in [1.165, 1.54) is 5.39 Å². The molecular weight excluding hydrogens is 278 g/mol. The van der Waals surface area contributed by atoms with Crippen LogP contribution in [0, 0.1) is 0 Å². The normalized spacial score (nSPS) is 10.3. The van der Waals surface area contributed by atoms with Crippen LogP contribution in [0.5, 0.6) is 0 Å². The van der Waals surface area contributed by atoms with Gasteiger partial charge in [-0.25, -0.2) is 0 Å². The van der Waals surface area contributed by atoms with Gasteiger partial charge in [0.25, 0.3) is 0 Å². The smallest absolute Gasteiger partial charge is 0.171 e. The van der Waals surface area contributed by atoms with E-state index in [9.17, 15) is 0 Å². The Kier molecular flexibility index (Phi) is 4.07. The van der Waals surface area contributed by atoms with Crippen molar-refractivity contribution in [1.82, 2.24) is 10.3 Å². The zero-order valence-electron chi connectivity index (χ0n) is 11.4. The summed E-state index contributed by atoms with van der Waals surface area (Å²) in [4.78, 5) is 4.00. The maximum Gasteiger partial charge on any atom is 0.171 e. The van der Waals surface area contributed by atoms with Gasteiger partial charge in [-0.15, -0.1) is 0 Å². The maximum absolute atomic E-state index is 5.36. The Labute approximate surface area is 129 Å². The number of hydrogen-bond donors (Lipinski definition) is 2. The van der Waals surface area contributed by atoms with Crippen molar-refractivity contribution in [2.24, 2.45) is 0 Å². The number of nitrogens with one attached hydrogen (secondary N) is 2. The molecule has 3 aromatic rings. The van der Waals surface area contributed by atoms with Crippen molar-refractivity contribution in [3.8, 4) is 0 Å². The van der Waals surface area contributed by atoms with Crippen molar-refractivity contribution in [3.63, 3.8) is 0 Å². The molecule has 104 valence electrons. The molecule has 0 aliphatic carbocycles. The van der Waals surface area contributed by atoms with E-state index in [0.29, 0.717) is 11.7 Å². The predicted molar refractivity (Wildman–Crippen MR) is 91.2 cm³/mol. The summed E-state index contributed by atoms with van der Waals surface area (Å²) in [6.07, 6.45) is 3.55. The molecular formula is C17H15N3S. The molecule has 2 aromatic carbocycles. The van der Waals surface area contributed by atoms with Gasteiger partial charge < -0.3 is 10.6 Å². The summed E-state index contributed by atoms with van der Waals surface area (Å²) in [6.45, 7) is 0.680. The summed E-state index contributed by atoms with van der Waals surface area (Å²) >= 11 is 5.36. The molecule has 0 aliphatic rings. The average Bonchev–Trinajstić information content (AvgIpc) is 2.54. The summed E-state index contributed by atoms with van der Waals surface area (Å²) in [5.74, 6) is 0. The van der Waals surface area contributed by atoms with Crippen LogP contribution < -0.4 is 10.6 Å². The Hall–Kier alpha value is -2.46. The SMILES string of the molecule is S=C(NCc1ccncc1)Nc1cccc2ccccc12. The second kappa shape index (κ2) is 6.33. The fourth-order valence-electron chi connectivity index (χ4n) is 2.18. The monoisotopic (exact) mass is 293 g/mol. The second-order valence-corrected chi connectivity index (χ2v) is 5.10. The van der Waals surface area contributed by atoms with Gasteiger partial charge in [-0.2, -0.15) is 0 Å². The van der Waals surface area contributed by atoms with Gasteiger partial charge in [0, 0.05) is 30.0 Å². The van der Waals surface area contributed by atoms with Gasteiger partial charge in [-0.05, 0) is 41.4 Å². The Morgan fingerprint density at radius 1 is 0.952 bits per heavy atom. The summed E-state index contributed by atoms with van der Waals surface area (Å²) in [5.41, 5.74) is 2.16. The minimum absolute atomic E-state index is 0.614. The van der Waals surface area contributed by atoms with Gasteiger partial charge in [-0.1, -0.05) is 36.4 Å². The lowest BCUT2D eigenvalue weighted by molar-refractivity contribution is 0.922. The van der Waals surface area contributed by atoms with Crippen LogP contribution >= 0.6 is 12.2 Å². The zero-order valence-corrected chi connectivity index (χ0v) is 12.2. The molecule has 3 rings (SSSR count). The number of anilines is 1. The second-order valence-electron chi connectivity index (χ2n) is 4.69. The van der Waals surface area contributed by atoms with Gasteiger partial charge >= 0.3 is 0 Å². The molecule has 0 amide bonds. The van der Waals surface area contributed by atoms with E-state index in [0.717, 1.165) is 16.6 Å². The zero-order chi connectivity index (χ0) is 14.5. The fraction of sp³-hybridized carbons (Fsp3) is 0.0588. The van der Waals surface area contributed by atoms with Crippen LogP contribution in [0.25, 0.3) is 10.8 Å². The van der Waals surface area contributed by atoms with Gasteiger partial charge in [0.1, 0.15) is 0 Å². The molecule has 0 unspecified atom stereocenters. The summed E-state index contributed by atoms with van der Waals surface area (Å²) in [5, 5.41) is 9.43. The van der Waals surface area contributed by atoms with Crippen LogP contribution in [0.3, 0.4) is 0 Å². The number of pyridine rings is 1. The largest absolute Gasteiger partial charge is 0.358 e. The van der Waals surface area contributed by atoms with E-state index < -0.39 is 0 Å². The van der Waals surface area contributed by atoms with Gasteiger partial charge in [0.2, 0.25) is 0 Å². The Morgan fingerprint density at radius 3 is 2.57 bits per heavy atom. The van der Waals surface area contributed by atoms with Crippen LogP contribution in [-0.4, -0.2) is 10.1 Å². The standard InChI is InChI=1S/C17H15N3S/c21-17(19-12-13-8-10-18-11-9-13)20-16-7-3-5-14-4-1-2-6-15(14)16/h1-11H,12H2,(H2,19,20,21). The molecule has 0 bridgehead atoms. The van der Waals surface area contributed by atoms with Gasteiger partial charge in [0.05, 0.1) is 0 Å². The quantitative estimate of drug-likeness (QED) is 0.722. The summed E-state index contributed by atoms with van der Waals surface area (Å²) < 4.78 is 0. The number of fused-ring (bicyclic) bond motifs is 1. The van der Waals surface area contributed by atoms with Crippen molar-refractivity contribution in [2.45, 2.75) is 6.54 Å².